The smallest absolute Gasteiger partial charge is 0.273 e. The molecule has 0 amide bonds. The van der Waals surface area contributed by atoms with E-state index in [4.69, 9.17) is 5.14 Å². The van der Waals surface area contributed by atoms with Gasteiger partial charge in [-0.3, -0.25) is 10.1 Å². The molecule has 112 valence electrons. The van der Waals surface area contributed by atoms with Crippen LogP contribution in [0.1, 0.15) is 25.8 Å². The van der Waals surface area contributed by atoms with Crippen molar-refractivity contribution in [1.82, 2.24) is 5.32 Å². The molecule has 7 nitrogen and oxygen atoms in total. The number of benzene rings is 1. The summed E-state index contributed by atoms with van der Waals surface area (Å²) in [7, 11) is -3.94. The minimum absolute atomic E-state index is 0.110. The third-order valence-electron chi connectivity index (χ3n) is 3.03. The normalized spacial score (nSPS) is 13.2. The van der Waals surface area contributed by atoms with Gasteiger partial charge >= 0.3 is 0 Å². The van der Waals surface area contributed by atoms with E-state index in [0.717, 1.165) is 19.0 Å². The van der Waals surface area contributed by atoms with Crippen LogP contribution in [-0.4, -0.2) is 25.9 Å². The molecule has 0 saturated carbocycles. The van der Waals surface area contributed by atoms with Crippen LogP contribution in [0.15, 0.2) is 23.1 Å². The highest BCUT2D eigenvalue weighted by Crippen LogP contribution is 2.24. The van der Waals surface area contributed by atoms with E-state index in [0.29, 0.717) is 12.0 Å². The first kappa shape index (κ1) is 16.5. The standard InChI is InChI=1S/C12H19N3O4S/c1-3-10(14-4-2)7-9-5-6-11(20(13,18)19)8-12(9)15(16)17/h5-6,8,10,14H,3-4,7H2,1-2H3,(H2,13,18,19). The van der Waals surface area contributed by atoms with Crippen LogP contribution < -0.4 is 10.5 Å². The highest BCUT2D eigenvalue weighted by Gasteiger charge is 2.20. The second kappa shape index (κ2) is 6.78. The number of nitrogens with one attached hydrogen (secondary N) is 1. The SMILES string of the molecule is CCNC(CC)Cc1ccc(S(N)(=O)=O)cc1[N+](=O)[O-]. The molecule has 1 unspecified atom stereocenters. The van der Waals surface area contributed by atoms with Gasteiger partial charge in [-0.05, 0) is 25.5 Å². The predicted octanol–water partition coefficient (Wildman–Crippen LogP) is 1.17. The van der Waals surface area contributed by atoms with Gasteiger partial charge in [-0.1, -0.05) is 19.9 Å². The first-order valence-corrected chi connectivity index (χ1v) is 7.87. The van der Waals surface area contributed by atoms with Gasteiger partial charge in [-0.2, -0.15) is 0 Å². The van der Waals surface area contributed by atoms with Crippen LogP contribution in [0.5, 0.6) is 0 Å². The quantitative estimate of drug-likeness (QED) is 0.579. The second-order valence-corrected chi connectivity index (χ2v) is 6.02. The molecular formula is C12H19N3O4S. The summed E-state index contributed by atoms with van der Waals surface area (Å²) < 4.78 is 22.5. The zero-order valence-electron chi connectivity index (χ0n) is 11.5. The van der Waals surface area contributed by atoms with Crippen molar-refractivity contribution in [3.05, 3.63) is 33.9 Å². The Morgan fingerprint density at radius 3 is 2.50 bits per heavy atom. The monoisotopic (exact) mass is 301 g/mol. The summed E-state index contributed by atoms with van der Waals surface area (Å²) in [4.78, 5) is 10.3. The highest BCUT2D eigenvalue weighted by atomic mass is 32.2. The fourth-order valence-corrected chi connectivity index (χ4v) is 2.51. The van der Waals surface area contributed by atoms with Crippen molar-refractivity contribution in [2.45, 2.75) is 37.6 Å². The summed E-state index contributed by atoms with van der Waals surface area (Å²) in [5, 5.41) is 19.3. The molecule has 1 aromatic rings. The molecule has 0 saturated heterocycles. The first-order chi connectivity index (χ1) is 9.29. The van der Waals surface area contributed by atoms with Crippen LogP contribution >= 0.6 is 0 Å². The largest absolute Gasteiger partial charge is 0.314 e. The number of nitro benzene ring substituents is 1. The van der Waals surface area contributed by atoms with Crippen LogP contribution in [0, 0.1) is 10.1 Å². The van der Waals surface area contributed by atoms with E-state index in [9.17, 15) is 18.5 Å². The number of hydrogen-bond donors (Lipinski definition) is 2. The van der Waals surface area contributed by atoms with E-state index in [1.54, 1.807) is 0 Å². The maximum Gasteiger partial charge on any atom is 0.273 e. The molecule has 0 aliphatic carbocycles. The van der Waals surface area contributed by atoms with Crippen molar-refractivity contribution in [2.24, 2.45) is 5.14 Å². The lowest BCUT2D eigenvalue weighted by molar-refractivity contribution is -0.385. The van der Waals surface area contributed by atoms with E-state index in [1.807, 2.05) is 13.8 Å². The first-order valence-electron chi connectivity index (χ1n) is 6.33. The van der Waals surface area contributed by atoms with Crippen molar-refractivity contribution in [2.75, 3.05) is 6.54 Å². The molecule has 0 aromatic heterocycles. The lowest BCUT2D eigenvalue weighted by Crippen LogP contribution is -2.30. The lowest BCUT2D eigenvalue weighted by Gasteiger charge is -2.15. The summed E-state index contributed by atoms with van der Waals surface area (Å²) in [6.45, 7) is 4.71. The van der Waals surface area contributed by atoms with Crippen LogP contribution in [0.3, 0.4) is 0 Å². The van der Waals surface area contributed by atoms with Gasteiger partial charge in [0, 0.05) is 17.7 Å². The van der Waals surface area contributed by atoms with Crippen molar-refractivity contribution in [3.8, 4) is 0 Å². The molecular weight excluding hydrogens is 282 g/mol. The fourth-order valence-electron chi connectivity index (χ4n) is 1.98. The summed E-state index contributed by atoms with van der Waals surface area (Å²) >= 11 is 0. The minimum Gasteiger partial charge on any atom is -0.314 e. The van der Waals surface area contributed by atoms with Crippen molar-refractivity contribution >= 4 is 15.7 Å². The Kier molecular flexibility index (Phi) is 5.61. The van der Waals surface area contributed by atoms with E-state index < -0.39 is 14.9 Å². The summed E-state index contributed by atoms with van der Waals surface area (Å²) in [5.41, 5.74) is 0.281. The molecule has 0 radical (unpaired) electrons. The Hall–Kier alpha value is -1.51. The Morgan fingerprint density at radius 2 is 2.05 bits per heavy atom. The molecule has 0 heterocycles. The molecule has 20 heavy (non-hydrogen) atoms. The molecule has 0 bridgehead atoms. The number of rotatable bonds is 7. The van der Waals surface area contributed by atoms with Crippen LogP contribution in [0.25, 0.3) is 0 Å². The molecule has 0 fully saturated rings. The number of nitrogens with two attached hydrogens (primary N) is 1. The Labute approximate surface area is 118 Å². The Morgan fingerprint density at radius 1 is 1.40 bits per heavy atom. The lowest BCUT2D eigenvalue weighted by atomic mass is 10.0. The van der Waals surface area contributed by atoms with Crippen molar-refractivity contribution < 1.29 is 13.3 Å². The second-order valence-electron chi connectivity index (χ2n) is 4.46. The van der Waals surface area contributed by atoms with E-state index in [-0.39, 0.29) is 16.6 Å². The molecule has 3 N–H and O–H groups in total. The summed E-state index contributed by atoms with van der Waals surface area (Å²) in [5.74, 6) is 0. The van der Waals surface area contributed by atoms with Crippen molar-refractivity contribution in [1.29, 1.82) is 0 Å². The Balaban J connectivity index is 3.17. The average molecular weight is 301 g/mol. The van der Waals surface area contributed by atoms with E-state index >= 15 is 0 Å². The molecule has 0 spiro atoms. The summed E-state index contributed by atoms with van der Waals surface area (Å²) in [6, 6.07) is 3.89. The third kappa shape index (κ3) is 4.26. The molecule has 0 aliphatic rings. The van der Waals surface area contributed by atoms with Gasteiger partial charge < -0.3 is 5.32 Å². The molecule has 1 aromatic carbocycles. The number of sulfonamides is 1. The van der Waals surface area contributed by atoms with E-state index in [2.05, 4.69) is 5.32 Å². The van der Waals surface area contributed by atoms with Crippen LogP contribution in [0.2, 0.25) is 0 Å². The van der Waals surface area contributed by atoms with Gasteiger partial charge in [0.15, 0.2) is 0 Å². The van der Waals surface area contributed by atoms with Crippen molar-refractivity contribution in [3.63, 3.8) is 0 Å². The fraction of sp³-hybridized carbons (Fsp3) is 0.500. The minimum atomic E-state index is -3.94. The number of hydrogen-bond acceptors (Lipinski definition) is 5. The van der Waals surface area contributed by atoms with Crippen LogP contribution in [-0.2, 0) is 16.4 Å². The van der Waals surface area contributed by atoms with Gasteiger partial charge in [0.05, 0.1) is 9.82 Å². The van der Waals surface area contributed by atoms with Gasteiger partial charge in [0.25, 0.3) is 5.69 Å². The maximum absolute atomic E-state index is 11.2. The zero-order valence-corrected chi connectivity index (χ0v) is 12.3. The number of nitrogens with zero attached hydrogens (tertiary/aromatic N) is 1. The predicted molar refractivity (Wildman–Crippen MR) is 75.9 cm³/mol. The molecule has 1 atom stereocenters. The number of primary sulfonamides is 1. The molecule has 8 heteroatoms. The maximum atomic E-state index is 11.2. The van der Waals surface area contributed by atoms with E-state index in [1.165, 1.54) is 12.1 Å². The van der Waals surface area contributed by atoms with Crippen LogP contribution in [0.4, 0.5) is 5.69 Å². The highest BCUT2D eigenvalue weighted by molar-refractivity contribution is 7.89. The number of likely N-dealkylation sites (N-methyl/N-ethyl adjacent to an activating group) is 1. The van der Waals surface area contributed by atoms with Gasteiger partial charge in [-0.25, -0.2) is 13.6 Å². The van der Waals surface area contributed by atoms with Gasteiger partial charge in [-0.15, -0.1) is 0 Å². The Bertz CT molecular complexity index is 586. The average Bonchev–Trinajstić information content (AvgIpc) is 2.36. The third-order valence-corrected chi connectivity index (χ3v) is 3.94. The van der Waals surface area contributed by atoms with Gasteiger partial charge in [0.1, 0.15) is 0 Å². The molecule has 1 rings (SSSR count). The topological polar surface area (TPSA) is 115 Å². The number of nitro groups is 1. The zero-order chi connectivity index (χ0) is 15.3. The summed E-state index contributed by atoms with van der Waals surface area (Å²) in [6.07, 6.45) is 1.29. The molecule has 0 aliphatic heterocycles. The van der Waals surface area contributed by atoms with Gasteiger partial charge in [0.2, 0.25) is 10.0 Å².